The Morgan fingerprint density at radius 2 is 2.15 bits per heavy atom. The summed E-state index contributed by atoms with van der Waals surface area (Å²) in [5.74, 6) is 1.37. The second-order valence-electron chi connectivity index (χ2n) is 6.80. The van der Waals surface area contributed by atoms with E-state index in [1.165, 1.54) is 20.0 Å². The van der Waals surface area contributed by atoms with Gasteiger partial charge in [-0.25, -0.2) is 0 Å². The number of hydrogen-bond acceptors (Lipinski definition) is 5. The van der Waals surface area contributed by atoms with Crippen LogP contribution in [0.2, 0.25) is 0 Å². The second kappa shape index (κ2) is 11.7. The van der Waals surface area contributed by atoms with Crippen molar-refractivity contribution in [2.45, 2.75) is 32.7 Å². The third-order valence-corrected chi connectivity index (χ3v) is 4.73. The number of piperidine rings is 1. The normalized spacial score (nSPS) is 17.3. The number of carbonyl (C=O) groups excluding carboxylic acids is 2. The van der Waals surface area contributed by atoms with Crippen LogP contribution in [0, 0.1) is 11.8 Å². The van der Waals surface area contributed by atoms with Crippen LogP contribution in [0.3, 0.4) is 0 Å². The Morgan fingerprint density at radius 1 is 1.37 bits per heavy atom. The van der Waals surface area contributed by atoms with Gasteiger partial charge in [0.25, 0.3) is 5.91 Å². The molecule has 2 amide bonds. The Balaban J connectivity index is 0.00000364. The monoisotopic (exact) mass is 399 g/mol. The van der Waals surface area contributed by atoms with E-state index in [4.69, 9.17) is 15.2 Å². The molecule has 2 unspecified atom stereocenters. The summed E-state index contributed by atoms with van der Waals surface area (Å²) in [5.41, 5.74) is 5.98. The summed E-state index contributed by atoms with van der Waals surface area (Å²) in [6.07, 6.45) is 2.90. The molecular weight excluding hydrogens is 370 g/mol. The van der Waals surface area contributed by atoms with Crippen LogP contribution in [-0.4, -0.2) is 38.6 Å². The van der Waals surface area contributed by atoms with Crippen molar-refractivity contribution in [1.82, 2.24) is 10.6 Å². The lowest BCUT2D eigenvalue weighted by atomic mass is 9.85. The van der Waals surface area contributed by atoms with Crippen LogP contribution < -0.4 is 25.8 Å². The first-order chi connectivity index (χ1) is 12.5. The molecule has 2 rings (SSSR count). The predicted molar refractivity (Wildman–Crippen MR) is 106 cm³/mol. The summed E-state index contributed by atoms with van der Waals surface area (Å²) in [6, 6.07) is 5.32. The molecule has 1 aliphatic heterocycles. The van der Waals surface area contributed by atoms with E-state index in [1.807, 2.05) is 6.07 Å². The van der Waals surface area contributed by atoms with Gasteiger partial charge in [-0.2, -0.15) is 0 Å². The van der Waals surface area contributed by atoms with Gasteiger partial charge in [0.05, 0.1) is 7.11 Å². The molecule has 1 aromatic rings. The van der Waals surface area contributed by atoms with E-state index < -0.39 is 5.91 Å². The molecule has 0 saturated carbocycles. The molecule has 0 spiro atoms. The van der Waals surface area contributed by atoms with Gasteiger partial charge in [0.2, 0.25) is 5.91 Å². The zero-order valence-electron chi connectivity index (χ0n) is 16.0. The van der Waals surface area contributed by atoms with E-state index in [-0.39, 0.29) is 24.9 Å². The van der Waals surface area contributed by atoms with Crippen molar-refractivity contribution in [2.24, 2.45) is 17.6 Å². The highest BCUT2D eigenvalue weighted by molar-refractivity contribution is 5.85. The Hall–Kier alpha value is -1.99. The van der Waals surface area contributed by atoms with Crippen LogP contribution in [0.15, 0.2) is 18.2 Å². The summed E-state index contributed by atoms with van der Waals surface area (Å²) in [6.45, 7) is 4.43. The fourth-order valence-corrected chi connectivity index (χ4v) is 3.19. The van der Waals surface area contributed by atoms with Crippen molar-refractivity contribution < 1.29 is 19.1 Å². The molecule has 152 valence electrons. The topological polar surface area (TPSA) is 103 Å². The van der Waals surface area contributed by atoms with E-state index in [2.05, 4.69) is 17.6 Å². The third kappa shape index (κ3) is 7.64. The summed E-state index contributed by atoms with van der Waals surface area (Å²) in [7, 11) is 1.52. The molecular formula is C19H30ClN3O4. The molecule has 2 atom stereocenters. The number of hydrogen-bond donors (Lipinski definition) is 3. The lowest BCUT2D eigenvalue weighted by Crippen LogP contribution is -2.35. The molecule has 27 heavy (non-hydrogen) atoms. The Bertz CT molecular complexity index is 621. The van der Waals surface area contributed by atoms with Crippen LogP contribution in [0.5, 0.6) is 11.5 Å². The molecule has 1 saturated heterocycles. The van der Waals surface area contributed by atoms with Gasteiger partial charge in [-0.1, -0.05) is 13.0 Å². The van der Waals surface area contributed by atoms with E-state index >= 15 is 0 Å². The summed E-state index contributed by atoms with van der Waals surface area (Å²) >= 11 is 0. The second-order valence-corrected chi connectivity index (χ2v) is 6.80. The largest absolute Gasteiger partial charge is 0.493 e. The van der Waals surface area contributed by atoms with Gasteiger partial charge < -0.3 is 25.8 Å². The summed E-state index contributed by atoms with van der Waals surface area (Å²) in [5, 5.41) is 6.36. The van der Waals surface area contributed by atoms with Crippen molar-refractivity contribution >= 4 is 24.2 Å². The Labute approximate surface area is 166 Å². The molecule has 4 N–H and O–H groups in total. The van der Waals surface area contributed by atoms with Crippen molar-refractivity contribution in [2.75, 3.05) is 26.8 Å². The van der Waals surface area contributed by atoms with E-state index in [9.17, 15) is 9.59 Å². The quantitative estimate of drug-likeness (QED) is 0.585. The number of nitrogens with two attached hydrogens (primary N) is 1. The number of carbonyl (C=O) groups is 2. The highest BCUT2D eigenvalue weighted by atomic mass is 35.5. The number of rotatable bonds is 9. The molecule has 0 bridgehead atoms. The molecule has 1 fully saturated rings. The molecule has 1 heterocycles. The minimum absolute atomic E-state index is 0. The van der Waals surface area contributed by atoms with Gasteiger partial charge in [-0.15, -0.1) is 12.4 Å². The molecule has 1 aromatic carbocycles. The number of methoxy groups -OCH3 is 1. The van der Waals surface area contributed by atoms with Crippen LogP contribution >= 0.6 is 12.4 Å². The highest BCUT2D eigenvalue weighted by Gasteiger charge is 2.21. The van der Waals surface area contributed by atoms with E-state index in [1.54, 1.807) is 12.1 Å². The zero-order chi connectivity index (χ0) is 18.9. The fraction of sp³-hybridized carbons (Fsp3) is 0.579. The zero-order valence-corrected chi connectivity index (χ0v) is 16.8. The predicted octanol–water partition coefficient (Wildman–Crippen LogP) is 1.62. The number of ether oxygens (including phenoxy) is 2. The van der Waals surface area contributed by atoms with Gasteiger partial charge in [0.15, 0.2) is 18.1 Å². The lowest BCUT2D eigenvalue weighted by Gasteiger charge is -2.28. The number of halogens is 1. The van der Waals surface area contributed by atoms with Gasteiger partial charge in [0.1, 0.15) is 0 Å². The third-order valence-electron chi connectivity index (χ3n) is 4.73. The maximum absolute atomic E-state index is 12.2. The average Bonchev–Trinajstić information content (AvgIpc) is 2.65. The molecule has 8 heteroatoms. The van der Waals surface area contributed by atoms with Crippen molar-refractivity contribution in [3.63, 3.8) is 0 Å². The van der Waals surface area contributed by atoms with Crippen molar-refractivity contribution in [3.8, 4) is 11.5 Å². The summed E-state index contributed by atoms with van der Waals surface area (Å²) in [4.78, 5) is 23.1. The van der Waals surface area contributed by atoms with Gasteiger partial charge >= 0.3 is 0 Å². The maximum atomic E-state index is 12.2. The van der Waals surface area contributed by atoms with Crippen LogP contribution in [0.1, 0.15) is 31.7 Å². The standard InChI is InChI=1S/C19H29N3O4.ClH/c1-13(15-4-3-7-21-11-15)8-19(24)22-10-14-5-6-16(17(9-14)25-2)26-12-18(20)23;/h5-6,9,13,15,21H,3-4,7-8,10-12H2,1-2H3,(H2,20,23)(H,22,24);1H. The van der Waals surface area contributed by atoms with Gasteiger partial charge in [-0.05, 0) is 55.5 Å². The fourth-order valence-electron chi connectivity index (χ4n) is 3.19. The smallest absolute Gasteiger partial charge is 0.255 e. The van der Waals surface area contributed by atoms with E-state index in [0.29, 0.717) is 36.3 Å². The molecule has 1 aliphatic rings. The number of nitrogens with one attached hydrogen (secondary N) is 2. The Morgan fingerprint density at radius 3 is 2.78 bits per heavy atom. The first kappa shape index (κ1) is 23.0. The van der Waals surface area contributed by atoms with Gasteiger partial charge in [0, 0.05) is 13.0 Å². The summed E-state index contributed by atoms with van der Waals surface area (Å²) < 4.78 is 10.6. The van der Waals surface area contributed by atoms with Crippen molar-refractivity contribution in [3.05, 3.63) is 23.8 Å². The van der Waals surface area contributed by atoms with Crippen LogP contribution in [0.25, 0.3) is 0 Å². The minimum Gasteiger partial charge on any atom is -0.493 e. The van der Waals surface area contributed by atoms with E-state index in [0.717, 1.165) is 18.7 Å². The lowest BCUT2D eigenvalue weighted by molar-refractivity contribution is -0.122. The average molecular weight is 400 g/mol. The number of amides is 2. The first-order valence-corrected chi connectivity index (χ1v) is 9.05. The molecule has 0 radical (unpaired) electrons. The van der Waals surface area contributed by atoms with Crippen LogP contribution in [-0.2, 0) is 16.1 Å². The highest BCUT2D eigenvalue weighted by Crippen LogP contribution is 2.28. The first-order valence-electron chi connectivity index (χ1n) is 9.05. The minimum atomic E-state index is -0.550. The molecule has 0 aliphatic carbocycles. The molecule has 0 aromatic heterocycles. The molecule has 7 nitrogen and oxygen atoms in total. The number of primary amides is 1. The van der Waals surface area contributed by atoms with Crippen molar-refractivity contribution in [1.29, 1.82) is 0 Å². The van der Waals surface area contributed by atoms with Crippen LogP contribution in [0.4, 0.5) is 0 Å². The van der Waals surface area contributed by atoms with Gasteiger partial charge in [-0.3, -0.25) is 9.59 Å². The Kier molecular flexibility index (Phi) is 9.96. The maximum Gasteiger partial charge on any atom is 0.255 e. The number of benzene rings is 1. The SMILES string of the molecule is COc1cc(CNC(=O)CC(C)C2CCCNC2)ccc1OCC(N)=O.Cl.